The van der Waals surface area contributed by atoms with Gasteiger partial charge in [0, 0.05) is 21.9 Å². The Morgan fingerprint density at radius 2 is 1.56 bits per heavy atom. The van der Waals surface area contributed by atoms with Gasteiger partial charge in [0.25, 0.3) is 29.5 Å². The number of rotatable bonds is 15. The Bertz CT molecular complexity index is 3470. The number of carbonyl (C=O) groups is 9. The van der Waals surface area contributed by atoms with Gasteiger partial charge in [-0.2, -0.15) is 0 Å². The van der Waals surface area contributed by atoms with Crippen LogP contribution in [0.5, 0.6) is 0 Å². The first-order chi connectivity index (χ1) is 40.6. The van der Waals surface area contributed by atoms with Crippen LogP contribution in [0, 0.1) is 0 Å². The van der Waals surface area contributed by atoms with E-state index in [-0.39, 0.29) is 83.6 Å². The number of amides is 9. The van der Waals surface area contributed by atoms with Gasteiger partial charge in [-0.25, -0.2) is 24.7 Å². The lowest BCUT2D eigenvalue weighted by Crippen LogP contribution is -2.52. The van der Waals surface area contributed by atoms with Crippen molar-refractivity contribution in [1.29, 1.82) is 0 Å². The highest BCUT2D eigenvalue weighted by atomic mass is 32.2. The molecule has 1 spiro atoms. The van der Waals surface area contributed by atoms with Crippen LogP contribution in [0.1, 0.15) is 129 Å². The van der Waals surface area contributed by atoms with Crippen molar-refractivity contribution in [2.45, 2.75) is 120 Å². The molecule has 0 saturated carbocycles. The van der Waals surface area contributed by atoms with E-state index in [4.69, 9.17) is 25.4 Å². The van der Waals surface area contributed by atoms with Crippen molar-refractivity contribution in [1.82, 2.24) is 62.5 Å². The number of alkyl carbamates (subject to hydrolysis) is 1. The van der Waals surface area contributed by atoms with Crippen LogP contribution < -0.4 is 48.3 Å². The highest BCUT2D eigenvalue weighted by molar-refractivity contribution is 8.14. The molecule has 3 aliphatic rings. The summed E-state index contributed by atoms with van der Waals surface area (Å²) < 4.78 is 5.07. The Labute approximate surface area is 510 Å². The molecule has 458 valence electrons. The highest BCUT2D eigenvalue weighted by Crippen LogP contribution is 2.49. The van der Waals surface area contributed by atoms with E-state index in [9.17, 15) is 63.6 Å². The second-order valence-electron chi connectivity index (χ2n) is 19.8. The zero-order chi connectivity index (χ0) is 63.1. The maximum absolute atomic E-state index is 14.5. The maximum atomic E-state index is 14.5. The highest BCUT2D eigenvalue weighted by Gasteiger charge is 2.51. The van der Waals surface area contributed by atoms with Crippen LogP contribution in [-0.4, -0.2) is 159 Å². The zero-order valence-electron chi connectivity index (χ0n) is 46.8. The number of hydrogen-bond donors (Lipinski definition) is 13. The van der Waals surface area contributed by atoms with Crippen molar-refractivity contribution in [3.63, 3.8) is 0 Å². The van der Waals surface area contributed by atoms with Crippen LogP contribution in [0.4, 0.5) is 4.79 Å². The number of thioether (sulfide) groups is 1. The van der Waals surface area contributed by atoms with E-state index in [2.05, 4.69) is 77.2 Å². The molecule has 0 radical (unpaired) electrons. The predicted molar refractivity (Wildman–Crippen MR) is 318 cm³/mol. The van der Waals surface area contributed by atoms with Crippen LogP contribution in [0.3, 0.4) is 0 Å². The normalized spacial score (nSPS) is 23.5. The molecule has 0 unspecified atom stereocenters. The molecule has 29 nitrogen and oxygen atoms in total. The SMILES string of the molecule is C=CCOC(=O)N[C@@H](C)C(=O)N[C@H]1c2csc(n2)[C@H]([C@@H](C)O)NC(=O)c2csc(n2)[C@H]([C@](C)(O)[C@@H](C)O)NC(=O)[C@H]2CSC(=N2)/C(=C/C)NC(=O)[C@H]([C@@H](C)O)NC(=O)c2csc(n2)[C@]12CCC(c1ncc(C(=O)NC(=C)C(=O)NC(=C)C(N)=O)s1)=N2. The lowest BCUT2D eigenvalue weighted by molar-refractivity contribution is -0.128. The molecular formula is C52H61N15O14S5. The van der Waals surface area contributed by atoms with E-state index in [1.54, 1.807) is 6.92 Å². The van der Waals surface area contributed by atoms with Crippen molar-refractivity contribution < 1.29 is 68.3 Å². The molecule has 0 fully saturated rings. The molecule has 8 bridgehead atoms. The van der Waals surface area contributed by atoms with Gasteiger partial charge >= 0.3 is 6.09 Å². The van der Waals surface area contributed by atoms with Crippen molar-refractivity contribution in [2.24, 2.45) is 15.7 Å². The first-order valence-corrected chi connectivity index (χ1v) is 30.5. The summed E-state index contributed by atoms with van der Waals surface area (Å²) in [6.07, 6.45) is -1.30. The van der Waals surface area contributed by atoms with Crippen LogP contribution >= 0.6 is 57.1 Å². The Kier molecular flexibility index (Phi) is 21.0. The molecular weight excluding hydrogens is 1220 g/mol. The number of nitrogens with two attached hydrogens (primary N) is 1. The zero-order valence-corrected chi connectivity index (χ0v) is 50.9. The van der Waals surface area contributed by atoms with Gasteiger partial charge in [0.1, 0.15) is 95.3 Å². The van der Waals surface area contributed by atoms with Gasteiger partial charge in [-0.15, -0.1) is 57.1 Å². The van der Waals surface area contributed by atoms with E-state index in [0.29, 0.717) is 0 Å². The first-order valence-electron chi connectivity index (χ1n) is 26.0. The number of hydrogen-bond acceptors (Lipinski definition) is 25. The summed E-state index contributed by atoms with van der Waals surface area (Å²) >= 11 is 4.69. The molecule has 0 aliphatic carbocycles. The molecule has 0 aromatic carbocycles. The van der Waals surface area contributed by atoms with Gasteiger partial charge in [0.15, 0.2) is 0 Å². The molecule has 34 heteroatoms. The summed E-state index contributed by atoms with van der Waals surface area (Å²) in [4.78, 5) is 150. The summed E-state index contributed by atoms with van der Waals surface area (Å²) in [6, 6.07) is -8.17. The number of aliphatic hydroxyl groups is 4. The number of fused-ring (bicyclic) bond motifs is 8. The fourth-order valence-electron chi connectivity index (χ4n) is 8.42. The number of carbonyl (C=O) groups excluding carboxylic acids is 9. The molecule has 9 amide bonds. The van der Waals surface area contributed by atoms with Gasteiger partial charge in [-0.1, -0.05) is 31.9 Å². The van der Waals surface area contributed by atoms with E-state index >= 15 is 0 Å². The Morgan fingerprint density at radius 3 is 2.21 bits per heavy atom. The third-order valence-electron chi connectivity index (χ3n) is 13.5. The van der Waals surface area contributed by atoms with Crippen molar-refractivity contribution in [3.05, 3.63) is 113 Å². The van der Waals surface area contributed by atoms with E-state index in [1.165, 1.54) is 69.1 Å². The van der Waals surface area contributed by atoms with Crippen LogP contribution in [0.2, 0.25) is 0 Å². The smallest absolute Gasteiger partial charge is 0.408 e. The minimum Gasteiger partial charge on any atom is -0.445 e. The van der Waals surface area contributed by atoms with Crippen LogP contribution in [0.15, 0.2) is 81.3 Å². The average molecular weight is 1280 g/mol. The minimum absolute atomic E-state index is 0.00430. The summed E-state index contributed by atoms with van der Waals surface area (Å²) in [5, 5.41) is 70.1. The molecule has 11 atom stereocenters. The van der Waals surface area contributed by atoms with Gasteiger partial charge in [0.05, 0.1) is 53.0 Å². The molecule has 14 N–H and O–H groups in total. The molecule has 4 aromatic heterocycles. The molecule has 3 aliphatic heterocycles. The number of primary amides is 1. The van der Waals surface area contributed by atoms with Crippen LogP contribution in [-0.2, 0) is 34.2 Å². The molecule has 0 saturated heterocycles. The molecule has 86 heavy (non-hydrogen) atoms. The van der Waals surface area contributed by atoms with Gasteiger partial charge < -0.3 is 73.4 Å². The number of aromatic nitrogens is 4. The predicted octanol–water partition coefficient (Wildman–Crippen LogP) is 0.676. The average Bonchev–Trinajstić information content (AvgIpc) is 1.84. The van der Waals surface area contributed by atoms with Gasteiger partial charge in [-0.05, 0) is 54.4 Å². The summed E-state index contributed by atoms with van der Waals surface area (Å²) in [5.74, 6) is -6.97. The largest absolute Gasteiger partial charge is 0.445 e. The summed E-state index contributed by atoms with van der Waals surface area (Å²) in [7, 11) is 0. The standard InChI is InChI=1S/C52H61N15O14S5/c1-10-14-81-50(79)57-22(5)39(73)65-35-28-16-83-47(59-28)34(24(7)69)64-40(74)29-18-84-48(61-29)36(51(9,80)25(8)70)66-42(76)30-17-82-46(60-30)26(11-2)58-44(78)33(23(6)68)63-41(75)31-19-85-49(62-31)52(35)13-12-27(67-52)45-54-15-32(86-45)43(77)56-21(4)38(72)55-20(3)37(53)71/h10-11,15-16,18-19,22-25,30,33-36,68-70,80H,1,3-4,12-14,17H2,2,5-9H3,(H2,53,71)(H,55,72)(H,56,77)(H,57,79)(H,58,78)(H,63,75)(H,64,74)(H,65,73)(H,66,76)/b26-11-/t22-,23+,24+,25+,30+,33-,34-,35-,36+,51+,52-/m0/s1. The quantitative estimate of drug-likeness (QED) is 0.0575. The fourth-order valence-corrected chi connectivity index (χ4v) is 13.3. The maximum Gasteiger partial charge on any atom is 0.408 e. The second kappa shape index (κ2) is 27.6. The number of thiazole rings is 4. The van der Waals surface area contributed by atoms with Gasteiger partial charge in [0.2, 0.25) is 17.7 Å². The lowest BCUT2D eigenvalue weighted by atomic mass is 9.86. The molecule has 4 aromatic rings. The number of aliphatic hydroxyl groups excluding tert-OH is 3. The lowest BCUT2D eigenvalue weighted by Gasteiger charge is -2.34. The van der Waals surface area contributed by atoms with Crippen LogP contribution in [0.25, 0.3) is 0 Å². The van der Waals surface area contributed by atoms with E-state index < -0.39 is 130 Å². The Balaban J connectivity index is 1.37. The number of aliphatic imine (C=N–C) groups is 2. The fraction of sp³-hybridized carbons (Fsp3) is 0.404. The number of nitrogens with one attached hydrogen (secondary N) is 8. The minimum atomic E-state index is -2.08. The number of ether oxygens (including phenoxy) is 1. The van der Waals surface area contributed by atoms with E-state index in [0.717, 1.165) is 57.1 Å². The number of nitrogens with zero attached hydrogens (tertiary/aromatic N) is 6. The van der Waals surface area contributed by atoms with Crippen molar-refractivity contribution in [2.75, 3.05) is 12.4 Å². The molecule has 7 heterocycles. The molecule has 7 rings (SSSR count). The summed E-state index contributed by atoms with van der Waals surface area (Å²) in [6.45, 7) is 18.4. The first kappa shape index (κ1) is 65.6. The van der Waals surface area contributed by atoms with E-state index in [1.807, 2.05) is 0 Å². The van der Waals surface area contributed by atoms with Gasteiger partial charge in [-0.3, -0.25) is 48.3 Å². The summed E-state index contributed by atoms with van der Waals surface area (Å²) in [5.41, 5.74) is 0.306. The monoisotopic (exact) mass is 1280 g/mol. The topological polar surface area (TPSA) is 442 Å². The Morgan fingerprint density at radius 1 is 0.895 bits per heavy atom. The number of allylic oxidation sites excluding steroid dienone is 1. The second-order valence-corrected chi connectivity index (χ2v) is 24.5. The Hall–Kier alpha value is -7.96. The van der Waals surface area contributed by atoms with Crippen molar-refractivity contribution >= 4 is 121 Å². The third-order valence-corrected chi connectivity index (χ3v) is 18.4. The third kappa shape index (κ3) is 14.8. The van der Waals surface area contributed by atoms with Crippen molar-refractivity contribution in [3.8, 4) is 0 Å².